The van der Waals surface area contributed by atoms with Gasteiger partial charge in [0.15, 0.2) is 0 Å². The third-order valence-electron chi connectivity index (χ3n) is 9.51. The van der Waals surface area contributed by atoms with Gasteiger partial charge in [0.05, 0.1) is 5.71 Å². The van der Waals surface area contributed by atoms with Crippen molar-refractivity contribution < 1.29 is 0 Å². The second-order valence-electron chi connectivity index (χ2n) is 12.7. The van der Waals surface area contributed by atoms with Crippen molar-refractivity contribution in [1.29, 1.82) is 0 Å². The first kappa shape index (κ1) is 31.7. The molecule has 0 saturated carbocycles. The number of benzene rings is 7. The van der Waals surface area contributed by atoms with Crippen molar-refractivity contribution >= 4 is 33.0 Å². The summed E-state index contributed by atoms with van der Waals surface area (Å²) in [6, 6.07) is 60.5. The molecule has 0 unspecified atom stereocenters. The molecule has 1 aromatic heterocycles. The molecule has 8 rings (SSSR count). The average Bonchev–Trinajstić information content (AvgIpc) is 3.21. The maximum atomic E-state index is 4.73. The van der Waals surface area contributed by atoms with Gasteiger partial charge in [-0.3, -0.25) is 9.98 Å². The van der Waals surface area contributed by atoms with E-state index in [1.165, 1.54) is 49.4 Å². The van der Waals surface area contributed by atoms with Crippen molar-refractivity contribution in [2.75, 3.05) is 7.05 Å². The van der Waals surface area contributed by atoms with Gasteiger partial charge < -0.3 is 5.32 Å². The fourth-order valence-electron chi connectivity index (χ4n) is 6.70. The molecule has 0 atom stereocenters. The lowest BCUT2D eigenvalue weighted by Gasteiger charge is -2.15. The van der Waals surface area contributed by atoms with E-state index < -0.39 is 0 Å². The molecule has 0 bridgehead atoms. The number of pyridine rings is 1. The smallest absolute Gasteiger partial charge is 0.0663 e. The van der Waals surface area contributed by atoms with Crippen LogP contribution in [-0.2, 0) is 6.54 Å². The van der Waals surface area contributed by atoms with Crippen LogP contribution >= 0.6 is 0 Å². The molecule has 0 spiro atoms. The van der Waals surface area contributed by atoms with Crippen LogP contribution in [0.5, 0.6) is 0 Å². The first-order valence-electron chi connectivity index (χ1n) is 17.3. The summed E-state index contributed by atoms with van der Waals surface area (Å²) in [7, 11) is 1.85. The van der Waals surface area contributed by atoms with Crippen molar-refractivity contribution in [3.8, 4) is 33.4 Å². The maximum Gasteiger partial charge on any atom is 0.0663 e. The monoisotopic (exact) mass is 655 g/mol. The van der Waals surface area contributed by atoms with Crippen LogP contribution in [0.15, 0.2) is 193 Å². The summed E-state index contributed by atoms with van der Waals surface area (Å²) in [5, 5.41) is 8.77. The predicted molar refractivity (Wildman–Crippen MR) is 216 cm³/mol. The van der Waals surface area contributed by atoms with Crippen LogP contribution in [0.1, 0.15) is 16.7 Å². The molecule has 0 radical (unpaired) electrons. The predicted octanol–water partition coefficient (Wildman–Crippen LogP) is 11.6. The highest BCUT2D eigenvalue weighted by Gasteiger charge is 2.10. The first-order valence-corrected chi connectivity index (χ1v) is 17.3. The average molecular weight is 656 g/mol. The quantitative estimate of drug-likeness (QED) is 0.157. The van der Waals surface area contributed by atoms with Crippen LogP contribution in [0.3, 0.4) is 0 Å². The van der Waals surface area contributed by atoms with Crippen LogP contribution in [0, 0.1) is 0 Å². The molecule has 1 heterocycles. The molecule has 0 aliphatic rings. The summed E-state index contributed by atoms with van der Waals surface area (Å²) >= 11 is 0. The number of hydrogen-bond acceptors (Lipinski definition) is 3. The summed E-state index contributed by atoms with van der Waals surface area (Å²) < 4.78 is 0. The van der Waals surface area contributed by atoms with Gasteiger partial charge in [0.1, 0.15) is 0 Å². The number of allylic oxidation sites excluding steroid dienone is 1. The van der Waals surface area contributed by atoms with Gasteiger partial charge in [-0.2, -0.15) is 0 Å². The molecule has 3 heteroatoms. The third-order valence-corrected chi connectivity index (χ3v) is 9.51. The van der Waals surface area contributed by atoms with Crippen LogP contribution in [-0.4, -0.2) is 17.7 Å². The van der Waals surface area contributed by atoms with Gasteiger partial charge in [-0.15, -0.1) is 0 Å². The van der Waals surface area contributed by atoms with E-state index >= 15 is 0 Å². The van der Waals surface area contributed by atoms with E-state index in [0.29, 0.717) is 6.54 Å². The number of aromatic nitrogens is 1. The Morgan fingerprint density at radius 2 is 1.20 bits per heavy atom. The van der Waals surface area contributed by atoms with E-state index in [4.69, 9.17) is 4.99 Å². The van der Waals surface area contributed by atoms with Gasteiger partial charge in [0.2, 0.25) is 0 Å². The summed E-state index contributed by atoms with van der Waals surface area (Å²) in [4.78, 5) is 9.02. The molecule has 0 amide bonds. The lowest BCUT2D eigenvalue weighted by Crippen LogP contribution is -2.14. The van der Waals surface area contributed by atoms with Gasteiger partial charge in [-0.05, 0) is 89.8 Å². The minimum atomic E-state index is 0.672. The van der Waals surface area contributed by atoms with E-state index in [1.54, 1.807) is 6.20 Å². The fraction of sp³-hybridized carbons (Fsp3) is 0.0417. The van der Waals surface area contributed by atoms with Crippen LogP contribution in [0.4, 0.5) is 0 Å². The van der Waals surface area contributed by atoms with E-state index in [1.807, 2.05) is 19.3 Å². The van der Waals surface area contributed by atoms with Gasteiger partial charge in [-0.1, -0.05) is 158 Å². The zero-order valence-electron chi connectivity index (χ0n) is 28.5. The number of nitrogens with zero attached hydrogens (tertiary/aromatic N) is 2. The molecule has 0 aliphatic carbocycles. The molecule has 51 heavy (non-hydrogen) atoms. The number of aliphatic imine (C=N–C) groups is 1. The molecule has 244 valence electrons. The zero-order chi connectivity index (χ0) is 34.4. The Bertz CT molecular complexity index is 2490. The van der Waals surface area contributed by atoms with Gasteiger partial charge in [0.25, 0.3) is 0 Å². The van der Waals surface area contributed by atoms with E-state index in [0.717, 1.165) is 33.7 Å². The molecule has 0 fully saturated rings. The minimum absolute atomic E-state index is 0.672. The molecule has 7 aromatic carbocycles. The number of nitrogens with one attached hydrogen (secondary N) is 1. The molecule has 3 nitrogen and oxygen atoms in total. The van der Waals surface area contributed by atoms with Crippen molar-refractivity contribution in [3.05, 3.63) is 205 Å². The Hall–Kier alpha value is -6.58. The Labute approximate surface area is 299 Å². The van der Waals surface area contributed by atoms with Gasteiger partial charge in [0, 0.05) is 31.7 Å². The topological polar surface area (TPSA) is 37.3 Å². The summed E-state index contributed by atoms with van der Waals surface area (Å²) in [5.41, 5.74) is 12.3. The molecule has 1 N–H and O–H groups in total. The molecule has 8 aromatic rings. The summed E-state index contributed by atoms with van der Waals surface area (Å²) in [6.45, 7) is 0.672. The maximum absolute atomic E-state index is 4.73. The highest BCUT2D eigenvalue weighted by atomic mass is 14.9. The van der Waals surface area contributed by atoms with Crippen LogP contribution in [0.25, 0.3) is 60.6 Å². The van der Waals surface area contributed by atoms with Crippen molar-refractivity contribution in [3.63, 3.8) is 0 Å². The van der Waals surface area contributed by atoms with Gasteiger partial charge in [-0.25, -0.2) is 0 Å². The third kappa shape index (κ3) is 6.96. The summed E-state index contributed by atoms with van der Waals surface area (Å²) in [5.74, 6) is 0. The van der Waals surface area contributed by atoms with E-state index in [2.05, 4.69) is 180 Å². The summed E-state index contributed by atoms with van der Waals surface area (Å²) in [6.07, 6.45) is 5.85. The number of rotatable bonds is 9. The number of fused-ring (bicyclic) bond motifs is 2. The Kier molecular flexibility index (Phi) is 9.00. The second kappa shape index (κ2) is 14.5. The standard InChI is InChI=1S/C48H37N3/c1-49-47(40-24-19-37(20-25-40)44-12-7-29-50-33-44)31-48(41-26-22-39(23-27-41)46-14-6-11-38-9-4-5-13-45(38)46)51-32-34-15-17-36(18-16-34)43-28-21-35-8-2-3-10-42(35)30-43/h2-31,33,51H,32H2,1H3. The van der Waals surface area contributed by atoms with Crippen LogP contribution < -0.4 is 5.32 Å². The Balaban J connectivity index is 1.09. The molecule has 0 saturated heterocycles. The Morgan fingerprint density at radius 1 is 0.549 bits per heavy atom. The second-order valence-corrected chi connectivity index (χ2v) is 12.7. The number of hydrogen-bond donors (Lipinski definition) is 1. The molecular formula is C48H37N3. The largest absolute Gasteiger partial charge is 0.380 e. The van der Waals surface area contributed by atoms with E-state index in [-0.39, 0.29) is 0 Å². The van der Waals surface area contributed by atoms with Crippen molar-refractivity contribution in [1.82, 2.24) is 10.3 Å². The lowest BCUT2D eigenvalue weighted by atomic mass is 9.96. The van der Waals surface area contributed by atoms with Gasteiger partial charge >= 0.3 is 0 Å². The first-order chi connectivity index (χ1) is 25.2. The van der Waals surface area contributed by atoms with Crippen molar-refractivity contribution in [2.45, 2.75) is 6.54 Å². The SMILES string of the molecule is CN=C(C=C(NCc1ccc(-c2ccc3ccccc3c2)cc1)c1ccc(-c2cccc3ccccc23)cc1)c1ccc(-c2cccnc2)cc1. The molecular weight excluding hydrogens is 619 g/mol. The highest BCUT2D eigenvalue weighted by molar-refractivity contribution is 6.12. The zero-order valence-corrected chi connectivity index (χ0v) is 28.5. The van der Waals surface area contributed by atoms with Crippen LogP contribution in [0.2, 0.25) is 0 Å². The fourth-order valence-corrected chi connectivity index (χ4v) is 6.70. The Morgan fingerprint density at radius 3 is 1.96 bits per heavy atom. The highest BCUT2D eigenvalue weighted by Crippen LogP contribution is 2.30. The van der Waals surface area contributed by atoms with Crippen molar-refractivity contribution in [2.24, 2.45) is 4.99 Å². The molecule has 0 aliphatic heterocycles. The van der Waals surface area contributed by atoms with E-state index in [9.17, 15) is 0 Å². The normalized spacial score (nSPS) is 11.9. The lowest BCUT2D eigenvalue weighted by molar-refractivity contribution is 0.890. The minimum Gasteiger partial charge on any atom is -0.380 e.